The van der Waals surface area contributed by atoms with Crippen LogP contribution in [0.5, 0.6) is 0 Å². The predicted octanol–water partition coefficient (Wildman–Crippen LogP) is 6.47. The van der Waals surface area contributed by atoms with E-state index in [-0.39, 0.29) is 0 Å². The van der Waals surface area contributed by atoms with Crippen LogP contribution in [0.3, 0.4) is 0 Å². The van der Waals surface area contributed by atoms with Gasteiger partial charge in [-0.2, -0.15) is 0 Å². The van der Waals surface area contributed by atoms with Gasteiger partial charge in [0.25, 0.3) is 0 Å². The summed E-state index contributed by atoms with van der Waals surface area (Å²) in [4.78, 5) is 0. The summed E-state index contributed by atoms with van der Waals surface area (Å²) in [6.07, 6.45) is 3.85. The molecule has 0 bridgehead atoms. The van der Waals surface area contributed by atoms with Gasteiger partial charge in [-0.15, -0.1) is 0 Å². The minimum Gasteiger partial charge on any atom is -0.0984 e. The second kappa shape index (κ2) is 7.43. The number of allylic oxidation sites excluding steroid dienone is 2. The third-order valence-electron chi connectivity index (χ3n) is 4.07. The Morgan fingerprint density at radius 2 is 1.17 bits per heavy atom. The van der Waals surface area contributed by atoms with E-state index in [0.29, 0.717) is 0 Å². The van der Waals surface area contributed by atoms with Crippen LogP contribution in [0.15, 0.2) is 104 Å². The molecule has 0 atom stereocenters. The molecule has 116 valence electrons. The van der Waals surface area contributed by atoms with E-state index in [9.17, 15) is 0 Å². The lowest BCUT2D eigenvalue weighted by Crippen LogP contribution is -1.96. The van der Waals surface area contributed by atoms with Crippen molar-refractivity contribution >= 4 is 17.2 Å². The first kappa shape index (κ1) is 15.8. The summed E-state index contributed by atoms with van der Waals surface area (Å²) in [6.45, 7) is 8.06. The smallest absolute Gasteiger partial charge is 0.00270 e. The fourth-order valence-corrected chi connectivity index (χ4v) is 2.95. The van der Waals surface area contributed by atoms with Crippen LogP contribution in [-0.2, 0) is 0 Å². The fraction of sp³-hybridized carbons (Fsp3) is 0. The Bertz CT molecular complexity index is 868. The lowest BCUT2D eigenvalue weighted by molar-refractivity contribution is 1.51. The molecule has 0 heteroatoms. The first-order valence-electron chi connectivity index (χ1n) is 8.04. The molecule has 3 rings (SSSR count). The summed E-state index contributed by atoms with van der Waals surface area (Å²) in [5.41, 5.74) is 6.91. The largest absolute Gasteiger partial charge is 0.0984 e. The van der Waals surface area contributed by atoms with E-state index in [1.165, 1.54) is 11.1 Å². The van der Waals surface area contributed by atoms with Crippen LogP contribution in [0.1, 0.15) is 22.3 Å². The molecule has 0 saturated carbocycles. The number of hydrogen-bond donors (Lipinski definition) is 0. The average Bonchev–Trinajstić information content (AvgIpc) is 2.67. The van der Waals surface area contributed by atoms with Gasteiger partial charge in [-0.1, -0.05) is 110 Å². The first-order valence-corrected chi connectivity index (χ1v) is 8.04. The van der Waals surface area contributed by atoms with Gasteiger partial charge in [0.2, 0.25) is 0 Å². The molecular weight excluding hydrogens is 288 g/mol. The van der Waals surface area contributed by atoms with Gasteiger partial charge >= 0.3 is 0 Å². The van der Waals surface area contributed by atoms with Crippen molar-refractivity contribution < 1.29 is 0 Å². The van der Waals surface area contributed by atoms with E-state index in [1.807, 2.05) is 30.4 Å². The highest BCUT2D eigenvalue weighted by molar-refractivity contribution is 6.03. The molecule has 24 heavy (non-hydrogen) atoms. The normalized spacial score (nSPS) is 11.5. The Morgan fingerprint density at radius 3 is 1.75 bits per heavy atom. The SMILES string of the molecule is C=CC(=C(c1ccccc1)c1ccccc1C=C)c1ccccc1. The van der Waals surface area contributed by atoms with Crippen molar-refractivity contribution in [2.45, 2.75) is 0 Å². The van der Waals surface area contributed by atoms with Gasteiger partial charge in [0.05, 0.1) is 0 Å². The summed E-state index contributed by atoms with van der Waals surface area (Å²) in [7, 11) is 0. The number of benzene rings is 3. The van der Waals surface area contributed by atoms with Gasteiger partial charge in [0, 0.05) is 0 Å². The Labute approximate surface area is 144 Å². The quantitative estimate of drug-likeness (QED) is 0.374. The lowest BCUT2D eigenvalue weighted by atomic mass is 9.87. The zero-order valence-electron chi connectivity index (χ0n) is 13.7. The topological polar surface area (TPSA) is 0 Å². The van der Waals surface area contributed by atoms with Gasteiger partial charge in [0.1, 0.15) is 0 Å². The van der Waals surface area contributed by atoms with Crippen LogP contribution in [0.4, 0.5) is 0 Å². The van der Waals surface area contributed by atoms with Crippen molar-refractivity contribution in [1.29, 1.82) is 0 Å². The molecule has 3 aromatic carbocycles. The van der Waals surface area contributed by atoms with Crippen LogP contribution in [0.25, 0.3) is 17.2 Å². The highest BCUT2D eigenvalue weighted by Gasteiger charge is 2.13. The molecule has 0 N–H and O–H groups in total. The van der Waals surface area contributed by atoms with E-state index in [2.05, 4.69) is 79.9 Å². The fourth-order valence-electron chi connectivity index (χ4n) is 2.95. The Hall–Kier alpha value is -3.12. The van der Waals surface area contributed by atoms with E-state index in [1.54, 1.807) is 0 Å². The lowest BCUT2D eigenvalue weighted by Gasteiger charge is -2.16. The van der Waals surface area contributed by atoms with Crippen LogP contribution >= 0.6 is 0 Å². The minimum absolute atomic E-state index is 1.12. The summed E-state index contributed by atoms with van der Waals surface area (Å²) < 4.78 is 0. The molecule has 0 unspecified atom stereocenters. The summed E-state index contributed by atoms with van der Waals surface area (Å²) in [5, 5.41) is 0. The molecule has 0 aliphatic rings. The molecule has 0 heterocycles. The second-order valence-corrected chi connectivity index (χ2v) is 5.52. The van der Waals surface area contributed by atoms with Gasteiger partial charge < -0.3 is 0 Å². The van der Waals surface area contributed by atoms with Gasteiger partial charge in [-0.3, -0.25) is 0 Å². The molecule has 0 aromatic heterocycles. The van der Waals surface area contributed by atoms with Crippen molar-refractivity contribution in [3.05, 3.63) is 126 Å². The van der Waals surface area contributed by atoms with E-state index < -0.39 is 0 Å². The van der Waals surface area contributed by atoms with Crippen molar-refractivity contribution in [2.24, 2.45) is 0 Å². The molecule has 0 spiro atoms. The highest BCUT2D eigenvalue weighted by Crippen LogP contribution is 2.34. The number of hydrogen-bond acceptors (Lipinski definition) is 0. The zero-order valence-corrected chi connectivity index (χ0v) is 13.7. The Balaban J connectivity index is 2.36. The van der Waals surface area contributed by atoms with Crippen molar-refractivity contribution in [2.75, 3.05) is 0 Å². The Morgan fingerprint density at radius 1 is 0.625 bits per heavy atom. The molecule has 0 aliphatic carbocycles. The van der Waals surface area contributed by atoms with Crippen LogP contribution in [-0.4, -0.2) is 0 Å². The van der Waals surface area contributed by atoms with Crippen molar-refractivity contribution in [1.82, 2.24) is 0 Å². The second-order valence-electron chi connectivity index (χ2n) is 5.52. The summed E-state index contributed by atoms with van der Waals surface area (Å²) >= 11 is 0. The molecule has 0 saturated heterocycles. The maximum absolute atomic E-state index is 4.08. The predicted molar refractivity (Wildman–Crippen MR) is 106 cm³/mol. The monoisotopic (exact) mass is 308 g/mol. The van der Waals surface area contributed by atoms with E-state index >= 15 is 0 Å². The molecule has 3 aromatic rings. The maximum Gasteiger partial charge on any atom is -0.00270 e. The minimum atomic E-state index is 1.12. The van der Waals surface area contributed by atoms with Gasteiger partial charge in [-0.05, 0) is 33.4 Å². The zero-order chi connectivity index (χ0) is 16.8. The molecule has 0 fully saturated rings. The van der Waals surface area contributed by atoms with Crippen LogP contribution in [0.2, 0.25) is 0 Å². The van der Waals surface area contributed by atoms with Gasteiger partial charge in [-0.25, -0.2) is 0 Å². The third-order valence-corrected chi connectivity index (χ3v) is 4.07. The highest BCUT2D eigenvalue weighted by atomic mass is 14.2. The van der Waals surface area contributed by atoms with E-state index in [4.69, 9.17) is 0 Å². The Kier molecular flexibility index (Phi) is 4.88. The maximum atomic E-state index is 4.08. The van der Waals surface area contributed by atoms with Gasteiger partial charge in [0.15, 0.2) is 0 Å². The summed E-state index contributed by atoms with van der Waals surface area (Å²) in [5.74, 6) is 0. The van der Waals surface area contributed by atoms with Crippen molar-refractivity contribution in [3.8, 4) is 0 Å². The molecule has 0 radical (unpaired) electrons. The van der Waals surface area contributed by atoms with Crippen LogP contribution < -0.4 is 0 Å². The molecule has 0 amide bonds. The number of rotatable bonds is 5. The average molecular weight is 308 g/mol. The first-order chi connectivity index (χ1) is 11.8. The molecule has 0 nitrogen and oxygen atoms in total. The molecular formula is C24H20. The summed E-state index contributed by atoms with van der Waals surface area (Å²) in [6, 6.07) is 29.2. The molecule has 0 aliphatic heterocycles. The van der Waals surface area contributed by atoms with Crippen LogP contribution in [0, 0.1) is 0 Å². The van der Waals surface area contributed by atoms with Crippen molar-refractivity contribution in [3.63, 3.8) is 0 Å². The third kappa shape index (κ3) is 3.13. The van der Waals surface area contributed by atoms with E-state index in [0.717, 1.165) is 22.3 Å². The standard InChI is InChI=1S/C24H20/c1-3-19-13-11-12-18-23(19)24(21-16-9-6-10-17-21)22(4-2)20-14-7-5-8-15-20/h3-18H,1-2H2.